The van der Waals surface area contributed by atoms with Crippen molar-refractivity contribution in [1.29, 1.82) is 0 Å². The van der Waals surface area contributed by atoms with Gasteiger partial charge in [0.1, 0.15) is 19.0 Å². The minimum absolute atomic E-state index is 1.44. The molecule has 0 aliphatic heterocycles. The number of aromatic nitrogens is 4. The van der Waals surface area contributed by atoms with E-state index in [4.69, 9.17) is 0 Å². The summed E-state index contributed by atoms with van der Waals surface area (Å²) >= 11 is 0. The third-order valence-electron chi connectivity index (χ3n) is 1.63. The van der Waals surface area contributed by atoms with Crippen molar-refractivity contribution in [3.8, 4) is 0 Å². The molecular weight excluding hydrogens is 224 g/mol. The van der Waals surface area contributed by atoms with Gasteiger partial charge in [0.05, 0.1) is 0 Å². The lowest BCUT2D eigenvalue weighted by Gasteiger charge is -1.70. The number of nitrogens with zero attached hydrogens (tertiary/aromatic N) is 4. The minimum Gasteiger partial charge on any atom is -0.265 e. The molecular formula is C14H14N4. The summed E-state index contributed by atoms with van der Waals surface area (Å²) in [7, 11) is 0. The Labute approximate surface area is 106 Å². The van der Waals surface area contributed by atoms with Crippen LogP contribution in [-0.2, 0) is 0 Å². The SMILES string of the molecule is c1ccccc1.c1ccncc1.c1ncncn1. The third-order valence-corrected chi connectivity index (χ3v) is 1.63. The van der Waals surface area contributed by atoms with E-state index in [-0.39, 0.29) is 0 Å². The van der Waals surface area contributed by atoms with Crippen LogP contribution in [0.2, 0.25) is 0 Å². The zero-order valence-corrected chi connectivity index (χ0v) is 9.87. The second kappa shape index (κ2) is 10.9. The molecule has 2 heterocycles. The molecule has 0 unspecified atom stereocenters. The summed E-state index contributed by atoms with van der Waals surface area (Å²) in [6.07, 6.45) is 7.81. The zero-order chi connectivity index (χ0) is 12.7. The Morgan fingerprint density at radius 3 is 0.833 bits per heavy atom. The highest BCUT2D eigenvalue weighted by Gasteiger charge is 1.60. The third kappa shape index (κ3) is 8.67. The molecule has 0 saturated heterocycles. The molecule has 3 rings (SSSR count). The number of pyridine rings is 1. The molecule has 0 N–H and O–H groups in total. The first-order valence-electron chi connectivity index (χ1n) is 5.40. The molecule has 3 aromatic rings. The van der Waals surface area contributed by atoms with Crippen LogP contribution >= 0.6 is 0 Å². The van der Waals surface area contributed by atoms with Crippen molar-refractivity contribution in [3.63, 3.8) is 0 Å². The molecule has 0 bridgehead atoms. The fraction of sp³-hybridized carbons (Fsp3) is 0. The van der Waals surface area contributed by atoms with Gasteiger partial charge in [-0.15, -0.1) is 0 Å². The summed E-state index contributed by atoms with van der Waals surface area (Å²) in [5.74, 6) is 0. The Morgan fingerprint density at radius 2 is 0.667 bits per heavy atom. The summed E-state index contributed by atoms with van der Waals surface area (Å²) in [6.45, 7) is 0. The summed E-state index contributed by atoms with van der Waals surface area (Å²) in [4.78, 5) is 14.5. The lowest BCUT2D eigenvalue weighted by molar-refractivity contribution is 1.05. The number of rotatable bonds is 0. The largest absolute Gasteiger partial charge is 0.265 e. The van der Waals surface area contributed by atoms with Gasteiger partial charge in [-0.2, -0.15) is 0 Å². The summed E-state index contributed by atoms with van der Waals surface area (Å²) in [5.41, 5.74) is 0. The predicted molar refractivity (Wildman–Crippen MR) is 70.5 cm³/mol. The molecule has 2 aromatic heterocycles. The summed E-state index contributed by atoms with van der Waals surface area (Å²) in [6, 6.07) is 17.7. The van der Waals surface area contributed by atoms with Crippen molar-refractivity contribution < 1.29 is 0 Å². The van der Waals surface area contributed by atoms with Crippen molar-refractivity contribution >= 4 is 0 Å². The van der Waals surface area contributed by atoms with Crippen LogP contribution < -0.4 is 0 Å². The molecule has 0 radical (unpaired) electrons. The molecule has 90 valence electrons. The standard InChI is InChI=1S/C6H6.C5H5N.C3H3N3/c2*1-2-4-6-5-3-1;1-4-2-6-3-5-1/h1-6H;1-5H;1-3H. The minimum atomic E-state index is 1.44. The van der Waals surface area contributed by atoms with Gasteiger partial charge in [-0.25, -0.2) is 15.0 Å². The second-order valence-corrected chi connectivity index (χ2v) is 2.97. The van der Waals surface area contributed by atoms with Crippen LogP contribution in [0.4, 0.5) is 0 Å². The lowest BCUT2D eigenvalue weighted by atomic mass is 10.4. The van der Waals surface area contributed by atoms with Gasteiger partial charge in [0.2, 0.25) is 0 Å². The molecule has 0 saturated carbocycles. The van der Waals surface area contributed by atoms with Gasteiger partial charge in [-0.05, 0) is 12.1 Å². The molecule has 4 nitrogen and oxygen atoms in total. The van der Waals surface area contributed by atoms with Crippen molar-refractivity contribution in [2.24, 2.45) is 0 Å². The number of hydrogen-bond donors (Lipinski definition) is 0. The lowest BCUT2D eigenvalue weighted by Crippen LogP contribution is -1.73. The molecule has 0 atom stereocenters. The van der Waals surface area contributed by atoms with E-state index >= 15 is 0 Å². The van der Waals surface area contributed by atoms with Crippen LogP contribution in [0.3, 0.4) is 0 Å². The van der Waals surface area contributed by atoms with Crippen LogP contribution in [0, 0.1) is 0 Å². The Hall–Kier alpha value is -2.62. The molecule has 4 heteroatoms. The summed E-state index contributed by atoms with van der Waals surface area (Å²) < 4.78 is 0. The van der Waals surface area contributed by atoms with Gasteiger partial charge in [-0.3, -0.25) is 4.98 Å². The van der Waals surface area contributed by atoms with E-state index in [9.17, 15) is 0 Å². The molecule has 0 fully saturated rings. The van der Waals surface area contributed by atoms with E-state index in [1.54, 1.807) is 12.4 Å². The van der Waals surface area contributed by atoms with Crippen molar-refractivity contribution in [2.75, 3.05) is 0 Å². The van der Waals surface area contributed by atoms with Gasteiger partial charge in [0.25, 0.3) is 0 Å². The van der Waals surface area contributed by atoms with Crippen LogP contribution in [0.1, 0.15) is 0 Å². The topological polar surface area (TPSA) is 51.6 Å². The molecule has 0 aliphatic rings. The second-order valence-electron chi connectivity index (χ2n) is 2.97. The van der Waals surface area contributed by atoms with Gasteiger partial charge in [0, 0.05) is 12.4 Å². The Bertz CT molecular complexity index is 305. The highest BCUT2D eigenvalue weighted by Crippen LogP contribution is 1.79. The average Bonchev–Trinajstić information content (AvgIpc) is 2.54. The van der Waals surface area contributed by atoms with E-state index in [1.165, 1.54) is 19.0 Å². The normalized spacial score (nSPS) is 8.00. The highest BCUT2D eigenvalue weighted by molar-refractivity contribution is 4.99. The maximum atomic E-state index is 3.78. The van der Waals surface area contributed by atoms with Gasteiger partial charge >= 0.3 is 0 Å². The fourth-order valence-electron chi connectivity index (χ4n) is 0.902. The first-order chi connectivity index (χ1) is 9.00. The quantitative estimate of drug-likeness (QED) is 0.604. The zero-order valence-electron chi connectivity index (χ0n) is 9.87. The van der Waals surface area contributed by atoms with Crippen molar-refractivity contribution in [1.82, 2.24) is 19.9 Å². The monoisotopic (exact) mass is 238 g/mol. The maximum absolute atomic E-state index is 3.78. The maximum Gasteiger partial charge on any atom is 0.119 e. The highest BCUT2D eigenvalue weighted by atomic mass is 14.9. The molecule has 18 heavy (non-hydrogen) atoms. The Morgan fingerprint density at radius 1 is 0.333 bits per heavy atom. The predicted octanol–water partition coefficient (Wildman–Crippen LogP) is 2.64. The summed E-state index contributed by atoms with van der Waals surface area (Å²) in [5, 5.41) is 0. The number of hydrogen-bond acceptors (Lipinski definition) is 4. The van der Waals surface area contributed by atoms with Crippen molar-refractivity contribution in [2.45, 2.75) is 0 Å². The van der Waals surface area contributed by atoms with E-state index in [0.29, 0.717) is 0 Å². The number of benzene rings is 1. The van der Waals surface area contributed by atoms with Crippen molar-refractivity contribution in [3.05, 3.63) is 86.0 Å². The van der Waals surface area contributed by atoms with Crippen LogP contribution in [0.5, 0.6) is 0 Å². The van der Waals surface area contributed by atoms with Crippen LogP contribution in [0.15, 0.2) is 86.0 Å². The van der Waals surface area contributed by atoms with Gasteiger partial charge in [-0.1, -0.05) is 42.5 Å². The van der Waals surface area contributed by atoms with E-state index in [2.05, 4.69) is 19.9 Å². The first-order valence-corrected chi connectivity index (χ1v) is 5.40. The first kappa shape index (κ1) is 13.4. The van der Waals surface area contributed by atoms with E-state index < -0.39 is 0 Å². The van der Waals surface area contributed by atoms with E-state index in [1.807, 2.05) is 54.6 Å². The molecule has 0 amide bonds. The Kier molecular flexibility index (Phi) is 8.13. The Balaban J connectivity index is 0.000000135. The van der Waals surface area contributed by atoms with Crippen LogP contribution in [-0.4, -0.2) is 19.9 Å². The molecule has 1 aromatic carbocycles. The smallest absolute Gasteiger partial charge is 0.119 e. The van der Waals surface area contributed by atoms with Gasteiger partial charge < -0.3 is 0 Å². The van der Waals surface area contributed by atoms with Gasteiger partial charge in [0.15, 0.2) is 0 Å². The fourth-order valence-corrected chi connectivity index (χ4v) is 0.902. The average molecular weight is 238 g/mol. The molecule has 0 spiro atoms. The van der Waals surface area contributed by atoms with E-state index in [0.717, 1.165) is 0 Å². The molecule has 0 aliphatic carbocycles. The van der Waals surface area contributed by atoms with Crippen LogP contribution in [0.25, 0.3) is 0 Å².